The van der Waals surface area contributed by atoms with Crippen molar-refractivity contribution in [2.45, 2.75) is 13.8 Å². The van der Waals surface area contributed by atoms with Crippen LogP contribution in [0.1, 0.15) is 11.1 Å². The molecule has 2 aromatic heterocycles. The topological polar surface area (TPSA) is 27.0 Å². The molecule has 0 aliphatic heterocycles. The molecule has 7 rings (SSSR count). The van der Waals surface area contributed by atoms with Gasteiger partial charge in [-0.05, 0) is 47.4 Å². The standard InChI is InChI=1S/C37H25N2.Au/c1-24-16-17-36-31(18-24)32-19-25(2)20-33(37(32)39-36)35-15-9-14-34(38-35)30-22-28(26-10-5-3-6-11-26)21-29(23-30)27-12-7-4-8-13-27;/h3-12,14-22H,1-2H3;/q-3;+3. The van der Waals surface area contributed by atoms with E-state index in [9.17, 15) is 0 Å². The fourth-order valence-electron chi connectivity index (χ4n) is 5.33. The molecule has 0 N–H and O–H groups in total. The summed E-state index contributed by atoms with van der Waals surface area (Å²) in [4.78, 5) is 10.2. The van der Waals surface area contributed by atoms with Gasteiger partial charge in [-0.25, -0.2) is 5.56 Å². The summed E-state index contributed by atoms with van der Waals surface area (Å²) in [6.45, 7) is 4.27. The van der Waals surface area contributed by atoms with E-state index in [1.165, 1.54) is 21.9 Å². The van der Waals surface area contributed by atoms with Gasteiger partial charge in [-0.3, -0.25) is 4.98 Å². The van der Waals surface area contributed by atoms with Gasteiger partial charge in [-0.15, -0.1) is 28.7 Å². The van der Waals surface area contributed by atoms with Gasteiger partial charge in [-0.2, -0.15) is 42.0 Å². The van der Waals surface area contributed by atoms with Crippen LogP contribution in [0.25, 0.3) is 66.6 Å². The van der Waals surface area contributed by atoms with Crippen LogP contribution in [-0.2, 0) is 22.4 Å². The van der Waals surface area contributed by atoms with Crippen molar-refractivity contribution in [2.75, 3.05) is 0 Å². The Kier molecular flexibility index (Phi) is 7.00. The number of pyridine rings is 1. The van der Waals surface area contributed by atoms with Crippen molar-refractivity contribution in [1.82, 2.24) is 9.97 Å². The van der Waals surface area contributed by atoms with E-state index in [2.05, 4.69) is 117 Å². The zero-order valence-corrected chi connectivity index (χ0v) is 24.3. The maximum Gasteiger partial charge on any atom is 3.00 e. The summed E-state index contributed by atoms with van der Waals surface area (Å²) in [5.74, 6) is 0. The smallest absolute Gasteiger partial charge is 0.656 e. The molecule has 0 spiro atoms. The third-order valence-electron chi connectivity index (χ3n) is 7.21. The molecule has 0 amide bonds. The zero-order valence-electron chi connectivity index (χ0n) is 22.2. The Hall–Kier alpha value is -4.21. The molecule has 2 nitrogen and oxygen atoms in total. The quantitative estimate of drug-likeness (QED) is 0.136. The Morgan fingerprint density at radius 2 is 1.38 bits per heavy atom. The fourth-order valence-corrected chi connectivity index (χ4v) is 5.33. The Balaban J connectivity index is 0.00000289. The van der Waals surface area contributed by atoms with Gasteiger partial charge in [0, 0.05) is 5.69 Å². The molecular formula is C37H25AuN2. The predicted octanol–water partition coefficient (Wildman–Crippen LogP) is 9.23. The summed E-state index contributed by atoms with van der Waals surface area (Å²) in [5.41, 5.74) is 12.5. The monoisotopic (exact) mass is 694 g/mol. The van der Waals surface area contributed by atoms with Crippen molar-refractivity contribution in [2.24, 2.45) is 0 Å². The minimum absolute atomic E-state index is 0. The molecule has 3 heteroatoms. The molecule has 0 atom stereocenters. The average molecular weight is 695 g/mol. The van der Waals surface area contributed by atoms with Crippen LogP contribution >= 0.6 is 0 Å². The van der Waals surface area contributed by atoms with E-state index >= 15 is 0 Å². The predicted molar refractivity (Wildman–Crippen MR) is 161 cm³/mol. The average Bonchev–Trinajstić information content (AvgIpc) is 3.35. The molecule has 0 saturated carbocycles. The van der Waals surface area contributed by atoms with E-state index in [1.54, 1.807) is 0 Å². The maximum atomic E-state index is 5.18. The normalized spacial score (nSPS) is 11.1. The Labute approximate surface area is 250 Å². The van der Waals surface area contributed by atoms with Crippen LogP contribution in [0, 0.1) is 26.0 Å². The Morgan fingerprint density at radius 3 is 2.20 bits per heavy atom. The van der Waals surface area contributed by atoms with Crippen molar-refractivity contribution < 1.29 is 22.4 Å². The van der Waals surface area contributed by atoms with Gasteiger partial charge in [0.1, 0.15) is 0 Å². The molecule has 0 aliphatic carbocycles. The van der Waals surface area contributed by atoms with Crippen LogP contribution < -0.4 is 4.98 Å². The van der Waals surface area contributed by atoms with Gasteiger partial charge < -0.3 is 4.98 Å². The minimum Gasteiger partial charge on any atom is -0.656 e. The summed E-state index contributed by atoms with van der Waals surface area (Å²) < 4.78 is 0. The molecule has 0 unspecified atom stereocenters. The van der Waals surface area contributed by atoms with Crippen molar-refractivity contribution in [3.05, 3.63) is 139 Å². The number of rotatable bonds is 4. The Bertz CT molecular complexity index is 1910. The minimum atomic E-state index is 0. The van der Waals surface area contributed by atoms with E-state index < -0.39 is 0 Å². The van der Waals surface area contributed by atoms with Gasteiger partial charge in [0.05, 0.1) is 5.69 Å². The molecule has 0 fully saturated rings. The molecular weight excluding hydrogens is 669 g/mol. The first-order valence-corrected chi connectivity index (χ1v) is 13.2. The van der Waals surface area contributed by atoms with Gasteiger partial charge in [-0.1, -0.05) is 83.9 Å². The van der Waals surface area contributed by atoms with Crippen LogP contribution in [0.3, 0.4) is 0 Å². The maximum absolute atomic E-state index is 5.18. The van der Waals surface area contributed by atoms with E-state index in [4.69, 9.17) is 9.97 Å². The first-order valence-electron chi connectivity index (χ1n) is 13.2. The largest absolute Gasteiger partial charge is 3.00 e. The zero-order chi connectivity index (χ0) is 26.3. The number of aromatic nitrogens is 2. The molecule has 40 heavy (non-hydrogen) atoms. The number of aryl methyl sites for hydroxylation is 2. The molecule has 0 saturated heterocycles. The van der Waals surface area contributed by atoms with Crippen molar-refractivity contribution in [1.29, 1.82) is 0 Å². The number of hydrogen-bond acceptors (Lipinski definition) is 1. The van der Waals surface area contributed by atoms with Crippen molar-refractivity contribution in [3.63, 3.8) is 0 Å². The number of nitrogens with zero attached hydrogens (tertiary/aromatic N) is 2. The van der Waals surface area contributed by atoms with Gasteiger partial charge >= 0.3 is 22.4 Å². The molecule has 0 bridgehead atoms. The van der Waals surface area contributed by atoms with Gasteiger partial charge in [0.15, 0.2) is 0 Å². The first-order chi connectivity index (χ1) is 19.1. The summed E-state index contributed by atoms with van der Waals surface area (Å²) in [5, 5.41) is 2.37. The van der Waals surface area contributed by atoms with Crippen LogP contribution in [0.4, 0.5) is 0 Å². The third kappa shape index (κ3) is 4.82. The van der Waals surface area contributed by atoms with Crippen LogP contribution in [-0.4, -0.2) is 4.98 Å². The summed E-state index contributed by atoms with van der Waals surface area (Å²) >= 11 is 0. The second kappa shape index (κ2) is 10.7. The first kappa shape index (κ1) is 26.0. The SMILES string of the molecule is Cc1ccc2[n-]c3c(-c4cccc(-c5[c-]c(-c6[c-]cccc6)cc(-c6ccccc6)c5)n4)cc(C)cc3c2c1.[Au+3]. The molecule has 194 valence electrons. The summed E-state index contributed by atoms with van der Waals surface area (Å²) in [6.07, 6.45) is 0. The van der Waals surface area contributed by atoms with Gasteiger partial charge in [0.25, 0.3) is 0 Å². The van der Waals surface area contributed by atoms with Gasteiger partial charge in [0.2, 0.25) is 0 Å². The van der Waals surface area contributed by atoms with Crippen LogP contribution in [0.2, 0.25) is 0 Å². The van der Waals surface area contributed by atoms with Crippen molar-refractivity contribution >= 4 is 21.8 Å². The van der Waals surface area contributed by atoms with E-state index in [0.717, 1.165) is 55.8 Å². The van der Waals surface area contributed by atoms with E-state index in [0.29, 0.717) is 0 Å². The second-order valence-corrected chi connectivity index (χ2v) is 10.1. The number of fused-ring (bicyclic) bond motifs is 3. The second-order valence-electron chi connectivity index (χ2n) is 10.1. The molecule has 0 radical (unpaired) electrons. The number of hydrogen-bond donors (Lipinski definition) is 0. The molecule has 7 aromatic rings. The van der Waals surface area contributed by atoms with E-state index in [1.807, 2.05) is 24.3 Å². The van der Waals surface area contributed by atoms with Crippen molar-refractivity contribution in [3.8, 4) is 44.8 Å². The molecule has 5 aromatic carbocycles. The van der Waals surface area contributed by atoms with Crippen LogP contribution in [0.15, 0.2) is 115 Å². The number of benzene rings is 5. The third-order valence-corrected chi connectivity index (χ3v) is 7.21. The van der Waals surface area contributed by atoms with Crippen LogP contribution in [0.5, 0.6) is 0 Å². The van der Waals surface area contributed by atoms with E-state index in [-0.39, 0.29) is 22.4 Å². The summed E-state index contributed by atoms with van der Waals surface area (Å²) in [7, 11) is 0. The molecule has 0 aliphatic rings. The molecule has 2 heterocycles. The summed E-state index contributed by atoms with van der Waals surface area (Å²) in [6, 6.07) is 47.0. The fraction of sp³-hybridized carbons (Fsp3) is 0.0541. The Morgan fingerprint density at radius 1 is 0.600 bits per heavy atom.